The molecule has 0 aliphatic heterocycles. The van der Waals surface area contributed by atoms with Gasteiger partial charge in [-0.2, -0.15) is 0 Å². The van der Waals surface area contributed by atoms with Gasteiger partial charge in [0.25, 0.3) is 5.91 Å². The SMILES string of the molecule is CC(C)C1=C2[C@H]3CC[C@@H]4[C@@]5(C)CC[C@H](OC(=O)CC(C)(C)C(=O)O)C(C)(C)[C@@H]5CC[C@@]4(C)[C@]3(C)CC[C@@]2(C(=O)C(=O)N[C@H](C)c2ccc(Cl)cc2)CC1=O. The summed E-state index contributed by atoms with van der Waals surface area (Å²) in [4.78, 5) is 67.4. The Morgan fingerprint density at radius 2 is 1.54 bits per heavy atom. The fraction of sp³-hybridized carbons (Fsp3) is 0.711. The summed E-state index contributed by atoms with van der Waals surface area (Å²) >= 11 is 6.10. The van der Waals surface area contributed by atoms with Gasteiger partial charge >= 0.3 is 11.9 Å². The topological polar surface area (TPSA) is 127 Å². The minimum atomic E-state index is -1.19. The van der Waals surface area contributed by atoms with E-state index >= 15 is 0 Å². The van der Waals surface area contributed by atoms with Crippen molar-refractivity contribution in [2.24, 2.45) is 56.2 Å². The molecule has 0 unspecified atom stereocenters. The van der Waals surface area contributed by atoms with E-state index in [4.69, 9.17) is 16.3 Å². The minimum Gasteiger partial charge on any atom is -0.481 e. The Morgan fingerprint density at radius 3 is 2.15 bits per heavy atom. The van der Waals surface area contributed by atoms with E-state index in [9.17, 15) is 29.1 Å². The third-order valence-electron chi connectivity index (χ3n) is 16.2. The zero-order valence-electron chi connectivity index (χ0n) is 34.1. The van der Waals surface area contributed by atoms with Gasteiger partial charge in [-0.15, -0.1) is 0 Å². The van der Waals surface area contributed by atoms with Crippen LogP contribution in [-0.4, -0.2) is 40.6 Å². The number of carbonyl (C=O) groups excluding carboxylic acids is 4. The molecule has 2 N–H and O–H groups in total. The first-order chi connectivity index (χ1) is 25.0. The van der Waals surface area contributed by atoms with Crippen LogP contribution in [0.15, 0.2) is 35.4 Å². The summed E-state index contributed by atoms with van der Waals surface area (Å²) in [6, 6.07) is 6.83. The zero-order chi connectivity index (χ0) is 40.0. The first kappa shape index (κ1) is 40.7. The molecular formula is C45H62ClNO7. The summed E-state index contributed by atoms with van der Waals surface area (Å²) in [5.74, 6) is -1.91. The Hall–Kier alpha value is -3.00. The Kier molecular flexibility index (Phi) is 10.2. The number of aliphatic carboxylic acids is 1. The fourth-order valence-electron chi connectivity index (χ4n) is 13.0. The van der Waals surface area contributed by atoms with Gasteiger partial charge in [-0.25, -0.2) is 0 Å². The molecule has 0 radical (unpaired) electrons. The third kappa shape index (κ3) is 6.10. The summed E-state index contributed by atoms with van der Waals surface area (Å²) in [7, 11) is 0. The predicted octanol–water partition coefficient (Wildman–Crippen LogP) is 9.48. The average molecular weight is 764 g/mol. The molecule has 9 atom stereocenters. The van der Waals surface area contributed by atoms with Crippen molar-refractivity contribution in [3.8, 4) is 0 Å². The Morgan fingerprint density at radius 1 is 0.889 bits per heavy atom. The molecule has 4 saturated carbocycles. The maximum absolute atomic E-state index is 14.6. The van der Waals surface area contributed by atoms with Crippen molar-refractivity contribution in [2.75, 3.05) is 0 Å². The molecular weight excluding hydrogens is 702 g/mol. The monoisotopic (exact) mass is 763 g/mol. The van der Waals surface area contributed by atoms with Gasteiger partial charge in [-0.05, 0) is 141 Å². The molecule has 5 aliphatic carbocycles. The number of halogens is 1. The number of fused-ring (bicyclic) bond motifs is 7. The molecule has 1 aromatic carbocycles. The molecule has 9 heteroatoms. The highest BCUT2D eigenvalue weighted by atomic mass is 35.5. The van der Waals surface area contributed by atoms with Crippen molar-refractivity contribution >= 4 is 41.0 Å². The number of benzene rings is 1. The summed E-state index contributed by atoms with van der Waals surface area (Å²) in [5.41, 5.74) is -0.304. The Balaban J connectivity index is 1.29. The lowest BCUT2D eigenvalue weighted by molar-refractivity contribution is -0.233. The van der Waals surface area contributed by atoms with E-state index in [1.165, 1.54) is 0 Å². The van der Waals surface area contributed by atoms with Crippen molar-refractivity contribution in [2.45, 2.75) is 146 Å². The molecule has 8 nitrogen and oxygen atoms in total. The highest BCUT2D eigenvalue weighted by Gasteiger charge is 2.71. The second-order valence-corrected chi connectivity index (χ2v) is 20.5. The summed E-state index contributed by atoms with van der Waals surface area (Å²) < 4.78 is 6.14. The van der Waals surface area contributed by atoms with E-state index < -0.39 is 40.5 Å². The molecule has 4 fully saturated rings. The number of ether oxygens (including phenoxy) is 1. The highest BCUT2D eigenvalue weighted by Crippen LogP contribution is 2.76. The minimum absolute atomic E-state index is 0.0143. The van der Waals surface area contributed by atoms with Crippen LogP contribution in [0.1, 0.15) is 145 Å². The van der Waals surface area contributed by atoms with Gasteiger partial charge < -0.3 is 15.2 Å². The van der Waals surface area contributed by atoms with E-state index in [1.54, 1.807) is 26.0 Å². The molecule has 296 valence electrons. The third-order valence-corrected chi connectivity index (χ3v) is 16.4. The Bertz CT molecular complexity index is 1780. The number of hydrogen-bond acceptors (Lipinski definition) is 6. The van der Waals surface area contributed by atoms with Crippen LogP contribution in [0.2, 0.25) is 5.02 Å². The smallest absolute Gasteiger partial charge is 0.309 e. The quantitative estimate of drug-likeness (QED) is 0.190. The maximum Gasteiger partial charge on any atom is 0.309 e. The van der Waals surface area contributed by atoms with Crippen molar-refractivity contribution in [1.29, 1.82) is 0 Å². The normalized spacial score (nSPS) is 36.3. The van der Waals surface area contributed by atoms with Gasteiger partial charge in [-0.3, -0.25) is 24.0 Å². The van der Waals surface area contributed by atoms with Gasteiger partial charge in [0.1, 0.15) is 6.10 Å². The average Bonchev–Trinajstić information content (AvgIpc) is 3.39. The molecule has 1 amide bonds. The van der Waals surface area contributed by atoms with E-state index in [1.807, 2.05) is 32.9 Å². The molecule has 6 rings (SSSR count). The van der Waals surface area contributed by atoms with Crippen LogP contribution >= 0.6 is 11.6 Å². The van der Waals surface area contributed by atoms with Crippen molar-refractivity contribution < 1.29 is 33.8 Å². The van der Waals surface area contributed by atoms with Gasteiger partial charge in [0.2, 0.25) is 5.78 Å². The molecule has 0 saturated heterocycles. The highest BCUT2D eigenvalue weighted by molar-refractivity contribution is 6.40. The van der Waals surface area contributed by atoms with Crippen LogP contribution in [0, 0.1) is 56.2 Å². The number of nitrogens with one attached hydrogen (secondary N) is 1. The lowest BCUT2D eigenvalue weighted by atomic mass is 9.33. The van der Waals surface area contributed by atoms with Crippen LogP contribution in [0.3, 0.4) is 0 Å². The van der Waals surface area contributed by atoms with Crippen LogP contribution in [0.5, 0.6) is 0 Å². The molecule has 0 bridgehead atoms. The number of carboxylic acids is 1. The number of ketones is 2. The fourth-order valence-corrected chi connectivity index (χ4v) is 13.2. The molecule has 54 heavy (non-hydrogen) atoms. The predicted molar refractivity (Wildman–Crippen MR) is 208 cm³/mol. The first-order valence-corrected chi connectivity index (χ1v) is 20.7. The second-order valence-electron chi connectivity index (χ2n) is 20.1. The number of hydrogen-bond donors (Lipinski definition) is 2. The number of amides is 1. The van der Waals surface area contributed by atoms with Gasteiger partial charge in [-0.1, -0.05) is 72.2 Å². The van der Waals surface area contributed by atoms with E-state index in [-0.39, 0.29) is 58.2 Å². The van der Waals surface area contributed by atoms with Crippen molar-refractivity contribution in [3.63, 3.8) is 0 Å². The zero-order valence-corrected chi connectivity index (χ0v) is 34.9. The molecule has 0 spiro atoms. The standard InChI is InChI=1S/C45H62ClNO7/c1-25(2)35-30(48)23-45(37(50)38(51)47-26(3)27-11-13-28(46)14-12-27)22-21-43(9)29(36(35)45)15-16-32-42(8)19-18-33(54-34(49)24-40(4,5)39(52)53)41(6,7)31(42)17-20-44(32,43)10/h11-14,25-26,29,31-33H,15-24H2,1-10H3,(H,47,51)(H,52,53)/t26-,29-,31+,32-,33+,42+,43-,44-,45-/m1/s1. The van der Waals surface area contributed by atoms with E-state index in [0.717, 1.165) is 61.7 Å². The van der Waals surface area contributed by atoms with Gasteiger partial charge in [0.15, 0.2) is 5.78 Å². The van der Waals surface area contributed by atoms with E-state index in [0.29, 0.717) is 23.3 Å². The lowest BCUT2D eigenvalue weighted by Gasteiger charge is -2.72. The molecule has 0 heterocycles. The van der Waals surface area contributed by atoms with Crippen molar-refractivity contribution in [1.82, 2.24) is 5.32 Å². The maximum atomic E-state index is 14.6. The number of carbonyl (C=O) groups is 5. The van der Waals surface area contributed by atoms with Gasteiger partial charge in [0, 0.05) is 16.9 Å². The molecule has 0 aromatic heterocycles. The number of Topliss-reactive ketones (excluding diaryl/α,β-unsaturated/α-hetero) is 2. The first-order valence-electron chi connectivity index (χ1n) is 20.3. The van der Waals surface area contributed by atoms with Crippen molar-refractivity contribution in [3.05, 3.63) is 46.0 Å². The molecule has 1 aromatic rings. The van der Waals surface area contributed by atoms with Gasteiger partial charge in [0.05, 0.1) is 23.3 Å². The summed E-state index contributed by atoms with van der Waals surface area (Å²) in [5, 5.41) is 13.2. The summed E-state index contributed by atoms with van der Waals surface area (Å²) in [6.07, 6.45) is 6.28. The molecule has 5 aliphatic rings. The number of rotatable bonds is 9. The number of carboxylic acid groups (broad SMARTS) is 1. The number of allylic oxidation sites excluding steroid dienone is 2. The summed E-state index contributed by atoms with van der Waals surface area (Å²) in [6.45, 7) is 20.9. The van der Waals surface area contributed by atoms with E-state index in [2.05, 4.69) is 39.9 Å². The van der Waals surface area contributed by atoms with Crippen LogP contribution in [0.4, 0.5) is 0 Å². The van der Waals surface area contributed by atoms with Crippen LogP contribution in [-0.2, 0) is 28.7 Å². The van der Waals surface area contributed by atoms with Crippen LogP contribution < -0.4 is 5.32 Å². The largest absolute Gasteiger partial charge is 0.481 e. The Labute approximate surface area is 327 Å². The van der Waals surface area contributed by atoms with Crippen LogP contribution in [0.25, 0.3) is 0 Å². The number of esters is 1. The second kappa shape index (κ2) is 13.6. The lowest BCUT2D eigenvalue weighted by Crippen LogP contribution is -2.66.